The molecule has 13 nitrogen and oxygen atoms in total. The van der Waals surface area contributed by atoms with Crippen molar-refractivity contribution in [2.24, 2.45) is 0 Å². The molecule has 0 bridgehead atoms. The van der Waals surface area contributed by atoms with Crippen molar-refractivity contribution in [3.05, 3.63) is 58.7 Å². The number of ether oxygens (including phenoxy) is 1. The molecule has 3 amide bonds. The van der Waals surface area contributed by atoms with Gasteiger partial charge < -0.3 is 29.8 Å². The molecule has 0 saturated carbocycles. The van der Waals surface area contributed by atoms with Gasteiger partial charge in [-0.1, -0.05) is 25.8 Å². The van der Waals surface area contributed by atoms with Gasteiger partial charge in [0.25, 0.3) is 5.56 Å². The van der Waals surface area contributed by atoms with Crippen molar-refractivity contribution >= 4 is 34.8 Å². The molecule has 3 rings (SSSR count). The molecule has 3 N–H and O–H groups in total. The van der Waals surface area contributed by atoms with E-state index in [-0.39, 0.29) is 24.6 Å². The number of alkyl carbamates (subject to hydrolysis) is 1. The largest absolute Gasteiger partial charge is 0.453 e. The Morgan fingerprint density at radius 2 is 2.02 bits per heavy atom. The average molecular weight is 553 g/mol. The summed E-state index contributed by atoms with van der Waals surface area (Å²) in [7, 11) is 4.44. The van der Waals surface area contributed by atoms with E-state index in [4.69, 9.17) is 0 Å². The number of imidazole rings is 1. The summed E-state index contributed by atoms with van der Waals surface area (Å²) < 4.78 is 6.04. The molecule has 3 heterocycles. The highest BCUT2D eigenvalue weighted by Crippen LogP contribution is 2.15. The van der Waals surface area contributed by atoms with Crippen LogP contribution < -0.4 is 16.2 Å². The van der Waals surface area contributed by atoms with Crippen molar-refractivity contribution < 1.29 is 19.1 Å². The number of methoxy groups -OCH3 is 1. The summed E-state index contributed by atoms with van der Waals surface area (Å²) >= 11 is 0. The zero-order chi connectivity index (χ0) is 29.1. The Morgan fingerprint density at radius 3 is 2.75 bits per heavy atom. The van der Waals surface area contributed by atoms with E-state index in [0.717, 1.165) is 36.9 Å². The normalized spacial score (nSPS) is 11.9. The van der Waals surface area contributed by atoms with E-state index in [2.05, 4.69) is 42.2 Å². The fraction of sp³-hybridized carbons (Fsp3) is 0.444. The summed E-state index contributed by atoms with van der Waals surface area (Å²) in [5.74, 6) is -0.263. The van der Waals surface area contributed by atoms with Crippen molar-refractivity contribution in [2.75, 3.05) is 26.5 Å². The van der Waals surface area contributed by atoms with E-state index in [1.165, 1.54) is 35.0 Å². The molecule has 0 spiro atoms. The van der Waals surface area contributed by atoms with Crippen molar-refractivity contribution in [2.45, 2.75) is 58.0 Å². The van der Waals surface area contributed by atoms with E-state index < -0.39 is 23.6 Å². The number of nitrogens with one attached hydrogen (secondary N) is 3. The second kappa shape index (κ2) is 14.6. The molecular formula is C27H36N8O5. The maximum absolute atomic E-state index is 13.2. The lowest BCUT2D eigenvalue weighted by Crippen LogP contribution is -2.44. The molecule has 1 atom stereocenters. The van der Waals surface area contributed by atoms with Crippen LogP contribution >= 0.6 is 0 Å². The van der Waals surface area contributed by atoms with Gasteiger partial charge in [-0.2, -0.15) is 0 Å². The number of aryl methyl sites for hydroxylation is 1. The van der Waals surface area contributed by atoms with Gasteiger partial charge in [0.2, 0.25) is 11.8 Å². The second-order valence-electron chi connectivity index (χ2n) is 9.40. The van der Waals surface area contributed by atoms with Gasteiger partial charge in [0.1, 0.15) is 29.4 Å². The number of aromatic amines is 1. The van der Waals surface area contributed by atoms with Crippen LogP contribution in [0.15, 0.2) is 41.6 Å². The van der Waals surface area contributed by atoms with Gasteiger partial charge in [-0.3, -0.25) is 14.4 Å². The minimum atomic E-state index is -1.00. The van der Waals surface area contributed by atoms with Gasteiger partial charge in [-0.15, -0.1) is 0 Å². The van der Waals surface area contributed by atoms with Crippen LogP contribution in [0.1, 0.15) is 50.5 Å². The average Bonchev–Trinajstić information content (AvgIpc) is 3.35. The van der Waals surface area contributed by atoms with Crippen LogP contribution in [-0.4, -0.2) is 74.6 Å². The first-order valence-corrected chi connectivity index (χ1v) is 13.1. The molecule has 214 valence electrons. The van der Waals surface area contributed by atoms with Gasteiger partial charge in [-0.05, 0) is 43.9 Å². The summed E-state index contributed by atoms with van der Waals surface area (Å²) in [4.78, 5) is 67.6. The van der Waals surface area contributed by atoms with Crippen LogP contribution in [-0.2, 0) is 27.3 Å². The van der Waals surface area contributed by atoms with Gasteiger partial charge in [0.15, 0.2) is 5.65 Å². The number of hydrogen-bond donors (Lipinski definition) is 3. The maximum Gasteiger partial charge on any atom is 0.407 e. The molecular weight excluding hydrogens is 516 g/mol. The number of carbonyl (C=O) groups excluding carboxylic acids is 3. The molecule has 0 fully saturated rings. The monoisotopic (exact) mass is 552 g/mol. The maximum atomic E-state index is 13.2. The Hall–Kier alpha value is -4.55. The number of unbranched alkanes of at least 4 members (excludes halogenated alkanes) is 2. The molecule has 0 aliphatic heterocycles. The SMILES string of the molecule is CCCCCc1ncnc2nc(Cn3cccc(NC(=O)C(CC/C=C/C(=O)N(C)C)NC(=O)OC)c3=O)[nH]c12. The fourth-order valence-corrected chi connectivity index (χ4v) is 3.93. The summed E-state index contributed by atoms with van der Waals surface area (Å²) in [6, 6.07) is 2.12. The zero-order valence-electron chi connectivity index (χ0n) is 23.3. The van der Waals surface area contributed by atoms with Gasteiger partial charge in [0, 0.05) is 20.3 Å². The number of allylic oxidation sites excluding steroid dienone is 1. The minimum Gasteiger partial charge on any atom is -0.453 e. The van der Waals surface area contributed by atoms with Crippen LogP contribution in [0.3, 0.4) is 0 Å². The number of H-pyrrole nitrogens is 1. The number of anilines is 1. The second-order valence-corrected chi connectivity index (χ2v) is 9.40. The lowest BCUT2D eigenvalue weighted by atomic mass is 10.1. The fourth-order valence-electron chi connectivity index (χ4n) is 3.93. The highest BCUT2D eigenvalue weighted by molar-refractivity contribution is 5.96. The predicted octanol–water partition coefficient (Wildman–Crippen LogP) is 2.38. The quantitative estimate of drug-likeness (QED) is 0.215. The number of pyridine rings is 1. The Balaban J connectivity index is 1.73. The zero-order valence-corrected chi connectivity index (χ0v) is 23.3. The summed E-state index contributed by atoms with van der Waals surface area (Å²) in [5.41, 5.74) is 1.77. The Labute approximate surface area is 232 Å². The highest BCUT2D eigenvalue weighted by Gasteiger charge is 2.22. The smallest absolute Gasteiger partial charge is 0.407 e. The van der Waals surface area contributed by atoms with Crippen LogP contribution in [0.5, 0.6) is 0 Å². The van der Waals surface area contributed by atoms with Gasteiger partial charge >= 0.3 is 6.09 Å². The first-order chi connectivity index (χ1) is 19.2. The highest BCUT2D eigenvalue weighted by atomic mass is 16.5. The molecule has 3 aromatic rings. The molecule has 0 saturated heterocycles. The number of rotatable bonds is 13. The molecule has 0 radical (unpaired) electrons. The van der Waals surface area contributed by atoms with Crippen LogP contribution in [0.4, 0.5) is 10.5 Å². The number of fused-ring (bicyclic) bond motifs is 1. The predicted molar refractivity (Wildman–Crippen MR) is 150 cm³/mol. The number of aromatic nitrogens is 5. The molecule has 0 aromatic carbocycles. The molecule has 3 aromatic heterocycles. The minimum absolute atomic E-state index is 0.0404. The lowest BCUT2D eigenvalue weighted by molar-refractivity contribution is -0.123. The van der Waals surface area contributed by atoms with E-state index >= 15 is 0 Å². The first kappa shape index (κ1) is 30.0. The van der Waals surface area contributed by atoms with Crippen molar-refractivity contribution in [3.63, 3.8) is 0 Å². The molecule has 1 unspecified atom stereocenters. The van der Waals surface area contributed by atoms with E-state index in [0.29, 0.717) is 17.9 Å². The Bertz CT molecular complexity index is 1410. The molecule has 0 aliphatic rings. The number of likely N-dealkylation sites (N-methyl/N-ethyl adjacent to an activating group) is 1. The summed E-state index contributed by atoms with van der Waals surface area (Å²) in [6.45, 7) is 2.27. The molecule has 13 heteroatoms. The van der Waals surface area contributed by atoms with Gasteiger partial charge in [0.05, 0.1) is 19.3 Å². The topological polar surface area (TPSA) is 164 Å². The third-order valence-corrected chi connectivity index (χ3v) is 6.15. The van der Waals surface area contributed by atoms with Gasteiger partial charge in [-0.25, -0.2) is 19.7 Å². The van der Waals surface area contributed by atoms with E-state index in [9.17, 15) is 19.2 Å². The summed E-state index contributed by atoms with van der Waals surface area (Å²) in [6.07, 6.45) is 9.82. The molecule has 40 heavy (non-hydrogen) atoms. The van der Waals surface area contributed by atoms with Crippen molar-refractivity contribution in [1.82, 2.24) is 34.7 Å². The number of amides is 3. The van der Waals surface area contributed by atoms with Crippen molar-refractivity contribution in [1.29, 1.82) is 0 Å². The first-order valence-electron chi connectivity index (χ1n) is 13.1. The van der Waals surface area contributed by atoms with Crippen LogP contribution in [0.2, 0.25) is 0 Å². The number of hydrogen-bond acceptors (Lipinski definition) is 8. The number of nitrogens with zero attached hydrogens (tertiary/aromatic N) is 5. The number of carbonyl (C=O) groups is 3. The Kier molecular flexibility index (Phi) is 10.9. The van der Waals surface area contributed by atoms with Crippen molar-refractivity contribution in [3.8, 4) is 0 Å². The van der Waals surface area contributed by atoms with E-state index in [1.54, 1.807) is 32.4 Å². The standard InChI is InChI=1S/C27H36N8O5/c1-5-6-7-11-18-23-24(29-17-28-18)33-21(32-23)16-35-15-10-13-20(26(35)38)30-25(37)19(31-27(39)40-4)12-8-9-14-22(36)34(2)3/h9-10,13-15,17,19H,5-8,11-12,16H2,1-4H3,(H,30,37)(H,31,39)(H,28,29,32,33)/b14-9+. The van der Waals surface area contributed by atoms with Crippen LogP contribution in [0, 0.1) is 0 Å². The van der Waals surface area contributed by atoms with E-state index in [1.807, 2.05) is 0 Å². The summed E-state index contributed by atoms with van der Waals surface area (Å²) in [5, 5.41) is 5.07. The Morgan fingerprint density at radius 1 is 1.23 bits per heavy atom. The lowest BCUT2D eigenvalue weighted by Gasteiger charge is -2.17. The third kappa shape index (κ3) is 8.22. The van der Waals surface area contributed by atoms with Crippen LogP contribution in [0.25, 0.3) is 11.2 Å². The third-order valence-electron chi connectivity index (χ3n) is 6.15. The molecule has 0 aliphatic carbocycles.